The smallest absolute Gasteiger partial charge is 0.243 e. The maximum absolute atomic E-state index is 13.1. The molecule has 128 valence electrons. The van der Waals surface area contributed by atoms with Gasteiger partial charge in [0.05, 0.1) is 11.0 Å². The minimum atomic E-state index is -3.55. The highest BCUT2D eigenvalue weighted by molar-refractivity contribution is 7.89. The van der Waals surface area contributed by atoms with Crippen molar-refractivity contribution in [3.63, 3.8) is 0 Å². The summed E-state index contributed by atoms with van der Waals surface area (Å²) in [6.07, 6.45) is 1.13. The van der Waals surface area contributed by atoms with Crippen LogP contribution in [0.1, 0.15) is 24.0 Å². The van der Waals surface area contributed by atoms with Gasteiger partial charge in [-0.1, -0.05) is 48.0 Å². The van der Waals surface area contributed by atoms with Gasteiger partial charge in [-0.2, -0.15) is 4.31 Å². The molecule has 0 aromatic heterocycles. The molecule has 0 aliphatic carbocycles. The number of nitrogens with zero attached hydrogens (tertiary/aromatic N) is 1. The van der Waals surface area contributed by atoms with E-state index in [9.17, 15) is 13.5 Å². The van der Waals surface area contributed by atoms with Gasteiger partial charge in [0.1, 0.15) is 0 Å². The van der Waals surface area contributed by atoms with E-state index in [-0.39, 0.29) is 6.04 Å². The summed E-state index contributed by atoms with van der Waals surface area (Å²) in [6.45, 7) is 2.29. The summed E-state index contributed by atoms with van der Waals surface area (Å²) < 4.78 is 27.7. The van der Waals surface area contributed by atoms with E-state index in [2.05, 4.69) is 0 Å². The molecule has 1 fully saturated rings. The molecule has 0 spiro atoms. The van der Waals surface area contributed by atoms with E-state index in [4.69, 9.17) is 0 Å². The van der Waals surface area contributed by atoms with Crippen LogP contribution in [0.25, 0.3) is 0 Å². The summed E-state index contributed by atoms with van der Waals surface area (Å²) >= 11 is 0. The molecule has 1 aliphatic rings. The number of hydrogen-bond acceptors (Lipinski definition) is 3. The van der Waals surface area contributed by atoms with E-state index in [1.54, 1.807) is 16.4 Å². The van der Waals surface area contributed by atoms with Crippen LogP contribution in [0.15, 0.2) is 59.5 Å². The van der Waals surface area contributed by atoms with Gasteiger partial charge in [-0.25, -0.2) is 8.42 Å². The van der Waals surface area contributed by atoms with Crippen LogP contribution in [0, 0.1) is 6.92 Å². The van der Waals surface area contributed by atoms with Gasteiger partial charge >= 0.3 is 0 Å². The maximum atomic E-state index is 13.1. The zero-order valence-electron chi connectivity index (χ0n) is 13.8. The summed E-state index contributed by atoms with van der Waals surface area (Å²) in [5.74, 6) is 0. The fourth-order valence-corrected chi connectivity index (χ4v) is 4.89. The van der Waals surface area contributed by atoms with Crippen molar-refractivity contribution in [3.05, 3.63) is 65.7 Å². The minimum Gasteiger partial charge on any atom is -0.393 e. The minimum absolute atomic E-state index is 0.220. The van der Waals surface area contributed by atoms with Crippen LogP contribution in [0.3, 0.4) is 0 Å². The molecule has 2 aromatic rings. The summed E-state index contributed by atoms with van der Waals surface area (Å²) in [5.41, 5.74) is 2.12. The number of aliphatic hydroxyl groups excluding tert-OH is 1. The number of aryl methyl sites for hydroxylation is 1. The Morgan fingerprint density at radius 3 is 2.42 bits per heavy atom. The Morgan fingerprint density at radius 2 is 1.75 bits per heavy atom. The molecule has 1 N–H and O–H groups in total. The normalized spacial score (nSPS) is 22.4. The van der Waals surface area contributed by atoms with Crippen molar-refractivity contribution in [2.24, 2.45) is 0 Å². The quantitative estimate of drug-likeness (QED) is 0.927. The van der Waals surface area contributed by atoms with Crippen molar-refractivity contribution < 1.29 is 13.5 Å². The molecule has 0 unspecified atom stereocenters. The first kappa shape index (κ1) is 17.1. The maximum Gasteiger partial charge on any atom is 0.243 e. The number of rotatable bonds is 4. The van der Waals surface area contributed by atoms with Crippen LogP contribution < -0.4 is 0 Å². The summed E-state index contributed by atoms with van der Waals surface area (Å²) in [4.78, 5) is 0.322. The third-order valence-corrected chi connectivity index (χ3v) is 6.54. The van der Waals surface area contributed by atoms with Crippen molar-refractivity contribution in [1.29, 1.82) is 0 Å². The lowest BCUT2D eigenvalue weighted by Crippen LogP contribution is -2.48. The van der Waals surface area contributed by atoms with Gasteiger partial charge in [0.25, 0.3) is 0 Å². The second kappa shape index (κ2) is 7.05. The molecule has 1 saturated heterocycles. The van der Waals surface area contributed by atoms with Crippen molar-refractivity contribution in [3.8, 4) is 0 Å². The number of benzene rings is 2. The number of piperidine rings is 1. The molecule has 0 saturated carbocycles. The van der Waals surface area contributed by atoms with E-state index in [1.165, 1.54) is 0 Å². The SMILES string of the molecule is Cc1ccc(S(=O)(=O)N2CC[C@H](O)C[C@H]2Cc2ccccc2)cc1. The number of aliphatic hydroxyl groups is 1. The number of sulfonamides is 1. The molecule has 24 heavy (non-hydrogen) atoms. The lowest BCUT2D eigenvalue weighted by Gasteiger charge is -2.37. The summed E-state index contributed by atoms with van der Waals surface area (Å²) in [6, 6.07) is 16.6. The van der Waals surface area contributed by atoms with Gasteiger partial charge in [0, 0.05) is 12.6 Å². The van der Waals surface area contributed by atoms with Crippen LogP contribution in [-0.4, -0.2) is 36.5 Å². The first-order chi connectivity index (χ1) is 11.5. The highest BCUT2D eigenvalue weighted by Crippen LogP contribution is 2.28. The molecule has 1 aliphatic heterocycles. The predicted octanol–water partition coefficient (Wildman–Crippen LogP) is 2.75. The largest absolute Gasteiger partial charge is 0.393 e. The molecular weight excluding hydrogens is 322 g/mol. The third-order valence-electron chi connectivity index (χ3n) is 4.58. The zero-order chi connectivity index (χ0) is 17.2. The summed E-state index contributed by atoms with van der Waals surface area (Å²) in [7, 11) is -3.55. The second-order valence-corrected chi connectivity index (χ2v) is 8.34. The van der Waals surface area contributed by atoms with Crippen LogP contribution in [0.4, 0.5) is 0 Å². The Labute approximate surface area is 143 Å². The Kier molecular flexibility index (Phi) is 5.04. The Balaban J connectivity index is 1.89. The lowest BCUT2D eigenvalue weighted by atomic mass is 9.96. The van der Waals surface area contributed by atoms with Crippen LogP contribution >= 0.6 is 0 Å². The average Bonchev–Trinajstić information content (AvgIpc) is 2.56. The Hall–Kier alpha value is -1.69. The molecular formula is C19H23NO3S. The summed E-state index contributed by atoms with van der Waals surface area (Å²) in [5, 5.41) is 10.0. The predicted molar refractivity (Wildman–Crippen MR) is 94.2 cm³/mol. The van der Waals surface area contributed by atoms with E-state index >= 15 is 0 Å². The van der Waals surface area contributed by atoms with Gasteiger partial charge in [-0.05, 0) is 43.9 Å². The van der Waals surface area contributed by atoms with Crippen molar-refractivity contribution in [1.82, 2.24) is 4.31 Å². The molecule has 0 bridgehead atoms. The van der Waals surface area contributed by atoms with Gasteiger partial charge in [-0.15, -0.1) is 0 Å². The standard InChI is InChI=1S/C19H23NO3S/c1-15-7-9-19(10-8-15)24(22,23)20-12-11-18(21)14-17(20)13-16-5-3-2-4-6-16/h2-10,17-18,21H,11-14H2,1H3/t17-,18+/m1/s1. The van der Waals surface area contributed by atoms with Crippen molar-refractivity contribution in [2.75, 3.05) is 6.54 Å². The topological polar surface area (TPSA) is 57.6 Å². The van der Waals surface area contributed by atoms with Crippen molar-refractivity contribution in [2.45, 2.75) is 43.2 Å². The van der Waals surface area contributed by atoms with E-state index in [0.29, 0.717) is 30.7 Å². The van der Waals surface area contributed by atoms with Crippen LogP contribution in [-0.2, 0) is 16.4 Å². The number of hydrogen-bond donors (Lipinski definition) is 1. The van der Waals surface area contributed by atoms with Gasteiger partial charge in [-0.3, -0.25) is 0 Å². The fraction of sp³-hybridized carbons (Fsp3) is 0.368. The highest BCUT2D eigenvalue weighted by Gasteiger charge is 2.36. The Bertz CT molecular complexity index is 772. The zero-order valence-corrected chi connectivity index (χ0v) is 14.6. The van der Waals surface area contributed by atoms with Crippen molar-refractivity contribution >= 4 is 10.0 Å². The monoisotopic (exact) mass is 345 g/mol. The molecule has 4 nitrogen and oxygen atoms in total. The molecule has 2 aromatic carbocycles. The Morgan fingerprint density at radius 1 is 1.08 bits per heavy atom. The molecule has 3 rings (SSSR count). The van der Waals surface area contributed by atoms with Crippen LogP contribution in [0.2, 0.25) is 0 Å². The van der Waals surface area contributed by atoms with Crippen LogP contribution in [0.5, 0.6) is 0 Å². The molecule has 2 atom stereocenters. The van der Waals surface area contributed by atoms with Gasteiger partial charge in [0.15, 0.2) is 0 Å². The van der Waals surface area contributed by atoms with E-state index < -0.39 is 16.1 Å². The first-order valence-electron chi connectivity index (χ1n) is 8.27. The molecule has 0 amide bonds. The van der Waals surface area contributed by atoms with Gasteiger partial charge in [0.2, 0.25) is 10.0 Å². The highest BCUT2D eigenvalue weighted by atomic mass is 32.2. The second-order valence-electron chi connectivity index (χ2n) is 6.45. The molecule has 1 heterocycles. The van der Waals surface area contributed by atoms with E-state index in [0.717, 1.165) is 11.1 Å². The fourth-order valence-electron chi connectivity index (χ4n) is 3.24. The van der Waals surface area contributed by atoms with Gasteiger partial charge < -0.3 is 5.11 Å². The third kappa shape index (κ3) is 3.69. The molecule has 0 radical (unpaired) electrons. The molecule has 5 heteroatoms. The average molecular weight is 345 g/mol. The first-order valence-corrected chi connectivity index (χ1v) is 9.71. The van der Waals surface area contributed by atoms with E-state index in [1.807, 2.05) is 49.4 Å². The lowest BCUT2D eigenvalue weighted by molar-refractivity contribution is 0.0810.